The second-order valence-electron chi connectivity index (χ2n) is 5.40. The van der Waals surface area contributed by atoms with E-state index in [1.807, 2.05) is 6.07 Å². The highest BCUT2D eigenvalue weighted by atomic mass is 16.5. The van der Waals surface area contributed by atoms with Gasteiger partial charge in [-0.2, -0.15) is 0 Å². The maximum absolute atomic E-state index is 5.90. The van der Waals surface area contributed by atoms with Crippen LogP contribution in [-0.2, 0) is 4.74 Å². The van der Waals surface area contributed by atoms with Gasteiger partial charge in [-0.05, 0) is 25.8 Å². The fourth-order valence-corrected chi connectivity index (χ4v) is 2.49. The third-order valence-corrected chi connectivity index (χ3v) is 4.19. The molecule has 0 saturated carbocycles. The molecule has 3 heteroatoms. The minimum Gasteiger partial charge on any atom is -0.377 e. The Morgan fingerprint density at radius 1 is 1.44 bits per heavy atom. The topological polar surface area (TPSA) is 47.3 Å². The molecule has 0 aliphatic carbocycles. The van der Waals surface area contributed by atoms with Crippen molar-refractivity contribution in [1.82, 2.24) is 5.32 Å². The van der Waals surface area contributed by atoms with Crippen LogP contribution in [-0.4, -0.2) is 31.3 Å². The summed E-state index contributed by atoms with van der Waals surface area (Å²) in [7, 11) is 0. The molecule has 3 nitrogen and oxygen atoms in total. The molecule has 1 aromatic rings. The molecule has 0 amide bonds. The first-order valence-electron chi connectivity index (χ1n) is 6.77. The van der Waals surface area contributed by atoms with Gasteiger partial charge in [-0.3, -0.25) is 0 Å². The van der Waals surface area contributed by atoms with E-state index in [1.165, 1.54) is 5.56 Å². The first-order valence-corrected chi connectivity index (χ1v) is 6.77. The average Bonchev–Trinajstić information content (AvgIpc) is 2.72. The molecule has 1 aromatic carbocycles. The highest BCUT2D eigenvalue weighted by Crippen LogP contribution is 2.26. The van der Waals surface area contributed by atoms with Gasteiger partial charge in [0.1, 0.15) is 0 Å². The second kappa shape index (κ2) is 5.83. The van der Waals surface area contributed by atoms with Crippen molar-refractivity contribution >= 4 is 0 Å². The minimum atomic E-state index is 0.0855. The SMILES string of the molecule is CC1OCCC1(C)NCC(CN)c1ccccc1. The summed E-state index contributed by atoms with van der Waals surface area (Å²) in [6, 6.07) is 10.5. The van der Waals surface area contributed by atoms with Crippen LogP contribution in [0.2, 0.25) is 0 Å². The van der Waals surface area contributed by atoms with Crippen LogP contribution < -0.4 is 11.1 Å². The summed E-state index contributed by atoms with van der Waals surface area (Å²) in [4.78, 5) is 0. The Hall–Kier alpha value is -0.900. The molecule has 3 atom stereocenters. The first kappa shape index (κ1) is 13.5. The van der Waals surface area contributed by atoms with Crippen LogP contribution in [0.1, 0.15) is 31.7 Å². The molecule has 0 bridgehead atoms. The third-order valence-electron chi connectivity index (χ3n) is 4.19. The molecule has 0 aromatic heterocycles. The Morgan fingerprint density at radius 2 is 2.17 bits per heavy atom. The van der Waals surface area contributed by atoms with Gasteiger partial charge in [0, 0.05) is 31.2 Å². The van der Waals surface area contributed by atoms with Crippen molar-refractivity contribution in [3.05, 3.63) is 35.9 Å². The summed E-state index contributed by atoms with van der Waals surface area (Å²) in [5.74, 6) is 0.371. The summed E-state index contributed by atoms with van der Waals surface area (Å²) in [6.45, 7) is 6.81. The number of benzene rings is 1. The van der Waals surface area contributed by atoms with E-state index in [9.17, 15) is 0 Å². The fourth-order valence-electron chi connectivity index (χ4n) is 2.49. The zero-order chi connectivity index (χ0) is 13.0. The van der Waals surface area contributed by atoms with Crippen LogP contribution in [0, 0.1) is 0 Å². The summed E-state index contributed by atoms with van der Waals surface area (Å²) in [6.07, 6.45) is 1.34. The Kier molecular flexibility index (Phi) is 4.38. The normalized spacial score (nSPS) is 29.4. The second-order valence-corrected chi connectivity index (χ2v) is 5.40. The molecule has 100 valence electrons. The van der Waals surface area contributed by atoms with E-state index in [-0.39, 0.29) is 11.6 Å². The van der Waals surface area contributed by atoms with Crippen LogP contribution >= 0.6 is 0 Å². The maximum Gasteiger partial charge on any atom is 0.0726 e. The lowest BCUT2D eigenvalue weighted by Gasteiger charge is -2.31. The van der Waals surface area contributed by atoms with Crippen LogP contribution in [0.5, 0.6) is 0 Å². The number of nitrogens with one attached hydrogen (secondary N) is 1. The lowest BCUT2D eigenvalue weighted by atomic mass is 9.92. The molecule has 1 aliphatic heterocycles. The van der Waals surface area contributed by atoms with Crippen LogP contribution in [0.25, 0.3) is 0 Å². The summed E-state index contributed by atoms with van der Waals surface area (Å²) in [5, 5.41) is 3.65. The van der Waals surface area contributed by atoms with E-state index < -0.39 is 0 Å². The van der Waals surface area contributed by atoms with E-state index in [0.29, 0.717) is 12.5 Å². The van der Waals surface area contributed by atoms with Gasteiger partial charge in [-0.1, -0.05) is 30.3 Å². The molecule has 18 heavy (non-hydrogen) atoms. The Morgan fingerprint density at radius 3 is 2.72 bits per heavy atom. The fraction of sp³-hybridized carbons (Fsp3) is 0.600. The van der Waals surface area contributed by atoms with Crippen LogP contribution in [0.15, 0.2) is 30.3 Å². The molecule has 2 rings (SSSR count). The van der Waals surface area contributed by atoms with Crippen molar-refractivity contribution in [2.45, 2.75) is 37.8 Å². The van der Waals surface area contributed by atoms with E-state index in [0.717, 1.165) is 19.6 Å². The van der Waals surface area contributed by atoms with Gasteiger partial charge in [0.2, 0.25) is 0 Å². The quantitative estimate of drug-likeness (QED) is 0.836. The lowest BCUT2D eigenvalue weighted by Crippen LogP contribution is -2.49. The average molecular weight is 248 g/mol. The Balaban J connectivity index is 1.96. The van der Waals surface area contributed by atoms with Gasteiger partial charge in [0.15, 0.2) is 0 Å². The van der Waals surface area contributed by atoms with Crippen LogP contribution in [0.3, 0.4) is 0 Å². The predicted molar refractivity (Wildman–Crippen MR) is 74.7 cm³/mol. The monoisotopic (exact) mass is 248 g/mol. The predicted octanol–water partition coefficient (Wildman–Crippen LogP) is 1.89. The molecule has 1 fully saturated rings. The van der Waals surface area contributed by atoms with Crippen molar-refractivity contribution < 1.29 is 4.74 Å². The summed E-state index contributed by atoms with van der Waals surface area (Å²) < 4.78 is 5.65. The third kappa shape index (κ3) is 2.91. The zero-order valence-corrected chi connectivity index (χ0v) is 11.4. The van der Waals surface area contributed by atoms with Crippen molar-refractivity contribution in [2.24, 2.45) is 5.73 Å². The molecule has 1 heterocycles. The highest BCUT2D eigenvalue weighted by molar-refractivity contribution is 5.20. The van der Waals surface area contributed by atoms with Gasteiger partial charge in [0.05, 0.1) is 6.10 Å². The molecule has 1 aliphatic rings. The minimum absolute atomic E-state index is 0.0855. The van der Waals surface area contributed by atoms with Gasteiger partial charge in [0.25, 0.3) is 0 Å². The van der Waals surface area contributed by atoms with Crippen molar-refractivity contribution in [2.75, 3.05) is 19.7 Å². The largest absolute Gasteiger partial charge is 0.377 e. The van der Waals surface area contributed by atoms with E-state index in [4.69, 9.17) is 10.5 Å². The summed E-state index contributed by atoms with van der Waals surface area (Å²) >= 11 is 0. The number of nitrogens with two attached hydrogens (primary N) is 1. The highest BCUT2D eigenvalue weighted by Gasteiger charge is 2.36. The van der Waals surface area contributed by atoms with E-state index in [2.05, 4.69) is 43.4 Å². The number of rotatable bonds is 5. The molecule has 1 saturated heterocycles. The number of hydrogen-bond acceptors (Lipinski definition) is 3. The summed E-state index contributed by atoms with van der Waals surface area (Å²) in [5.41, 5.74) is 7.29. The molecule has 3 unspecified atom stereocenters. The molecule has 0 radical (unpaired) electrons. The van der Waals surface area contributed by atoms with E-state index >= 15 is 0 Å². The standard InChI is InChI=1S/C15H24N2O/c1-12-15(2,8-9-18-12)17-11-14(10-16)13-6-4-3-5-7-13/h3-7,12,14,17H,8-11,16H2,1-2H3. The zero-order valence-electron chi connectivity index (χ0n) is 11.4. The van der Waals surface area contributed by atoms with Gasteiger partial charge >= 0.3 is 0 Å². The van der Waals surface area contributed by atoms with Crippen molar-refractivity contribution in [3.8, 4) is 0 Å². The van der Waals surface area contributed by atoms with Crippen LogP contribution in [0.4, 0.5) is 0 Å². The van der Waals surface area contributed by atoms with Gasteiger partial charge in [-0.25, -0.2) is 0 Å². The Labute approximate surface area is 110 Å². The van der Waals surface area contributed by atoms with E-state index in [1.54, 1.807) is 0 Å². The van der Waals surface area contributed by atoms with Gasteiger partial charge in [-0.15, -0.1) is 0 Å². The lowest BCUT2D eigenvalue weighted by molar-refractivity contribution is 0.0882. The molecule has 3 N–H and O–H groups in total. The Bertz CT molecular complexity index is 368. The van der Waals surface area contributed by atoms with Gasteiger partial charge < -0.3 is 15.8 Å². The van der Waals surface area contributed by atoms with Crippen molar-refractivity contribution in [3.63, 3.8) is 0 Å². The maximum atomic E-state index is 5.90. The number of hydrogen-bond donors (Lipinski definition) is 2. The van der Waals surface area contributed by atoms with Crippen molar-refractivity contribution in [1.29, 1.82) is 0 Å². The number of ether oxygens (including phenoxy) is 1. The molecular formula is C15H24N2O. The smallest absolute Gasteiger partial charge is 0.0726 e. The first-order chi connectivity index (χ1) is 8.65. The molecular weight excluding hydrogens is 224 g/mol. The molecule has 0 spiro atoms.